The maximum Gasteiger partial charge on any atom is 0.270 e. The van der Waals surface area contributed by atoms with Crippen LogP contribution in [0.25, 0.3) is 16.7 Å². The fourth-order valence-corrected chi connectivity index (χ4v) is 3.31. The van der Waals surface area contributed by atoms with E-state index in [-0.39, 0.29) is 11.1 Å². The molecule has 28 heavy (non-hydrogen) atoms. The highest BCUT2D eigenvalue weighted by Gasteiger charge is 2.13. The molecule has 3 aromatic heterocycles. The van der Waals surface area contributed by atoms with Crippen molar-refractivity contribution in [3.8, 4) is 0 Å². The van der Waals surface area contributed by atoms with Crippen LogP contribution in [0.5, 0.6) is 0 Å². The molecule has 8 heteroatoms. The van der Waals surface area contributed by atoms with Crippen molar-refractivity contribution in [3.63, 3.8) is 0 Å². The summed E-state index contributed by atoms with van der Waals surface area (Å²) in [5.41, 5.74) is 2.66. The van der Waals surface area contributed by atoms with Gasteiger partial charge in [-0.3, -0.25) is 14.0 Å². The minimum absolute atomic E-state index is 0.0326. The number of nitrogens with zero attached hydrogens (tertiary/aromatic N) is 3. The Labute approximate surface area is 165 Å². The second kappa shape index (κ2) is 7.44. The number of fused-ring (bicyclic) bond motifs is 2. The fraction of sp³-hybridized carbons (Fsp3) is 0.200. The monoisotopic (exact) mass is 395 g/mol. The molecule has 0 aliphatic rings. The van der Waals surface area contributed by atoms with Gasteiger partial charge in [-0.05, 0) is 43.7 Å². The predicted molar refractivity (Wildman–Crippen MR) is 108 cm³/mol. The van der Waals surface area contributed by atoms with Gasteiger partial charge in [0.05, 0.1) is 11.0 Å². The zero-order valence-corrected chi connectivity index (χ0v) is 16.0. The van der Waals surface area contributed by atoms with Crippen molar-refractivity contribution in [1.29, 1.82) is 0 Å². The van der Waals surface area contributed by atoms with E-state index in [2.05, 4.69) is 20.3 Å². The molecule has 2 N–H and O–H groups in total. The molecule has 7 nitrogen and oxygen atoms in total. The number of rotatable bonds is 5. The number of benzene rings is 1. The van der Waals surface area contributed by atoms with Gasteiger partial charge in [0, 0.05) is 29.9 Å². The van der Waals surface area contributed by atoms with Crippen LogP contribution >= 0.6 is 11.6 Å². The summed E-state index contributed by atoms with van der Waals surface area (Å²) >= 11 is 5.98. The average Bonchev–Trinajstić information content (AvgIpc) is 3.07. The van der Waals surface area contributed by atoms with Crippen LogP contribution in [0.2, 0.25) is 5.02 Å². The Morgan fingerprint density at radius 2 is 2.14 bits per heavy atom. The normalized spacial score (nSPS) is 11.2. The zero-order chi connectivity index (χ0) is 19.7. The molecule has 0 saturated carbocycles. The number of H-pyrrole nitrogens is 1. The Bertz CT molecular complexity index is 1240. The molecule has 0 saturated heterocycles. The summed E-state index contributed by atoms with van der Waals surface area (Å²) in [6, 6.07) is 10.9. The second-order valence-corrected chi connectivity index (χ2v) is 6.98. The topological polar surface area (TPSA) is 92.2 Å². The average molecular weight is 396 g/mol. The van der Waals surface area contributed by atoms with Crippen molar-refractivity contribution in [2.75, 3.05) is 6.54 Å². The Hall–Kier alpha value is -3.19. The Morgan fingerprint density at radius 1 is 1.29 bits per heavy atom. The largest absolute Gasteiger partial charge is 0.352 e. The van der Waals surface area contributed by atoms with Gasteiger partial charge in [0.1, 0.15) is 17.0 Å². The molecule has 4 rings (SSSR count). The van der Waals surface area contributed by atoms with E-state index in [4.69, 9.17) is 11.6 Å². The van der Waals surface area contributed by atoms with Gasteiger partial charge >= 0.3 is 0 Å². The second-order valence-electron chi connectivity index (χ2n) is 6.54. The lowest BCUT2D eigenvalue weighted by Crippen LogP contribution is -2.32. The van der Waals surface area contributed by atoms with Crippen molar-refractivity contribution in [1.82, 2.24) is 24.7 Å². The fourth-order valence-electron chi connectivity index (χ4n) is 3.14. The van der Waals surface area contributed by atoms with Crippen LogP contribution in [0.1, 0.15) is 28.3 Å². The van der Waals surface area contributed by atoms with Gasteiger partial charge in [-0.2, -0.15) is 0 Å². The molecule has 0 radical (unpaired) electrons. The van der Waals surface area contributed by atoms with Gasteiger partial charge in [-0.1, -0.05) is 17.7 Å². The van der Waals surface area contributed by atoms with Gasteiger partial charge in [0.2, 0.25) is 0 Å². The molecular weight excluding hydrogens is 378 g/mol. The van der Waals surface area contributed by atoms with Crippen molar-refractivity contribution in [2.24, 2.45) is 0 Å². The molecule has 0 bridgehead atoms. The first-order valence-corrected chi connectivity index (χ1v) is 9.30. The van der Waals surface area contributed by atoms with Gasteiger partial charge in [-0.25, -0.2) is 9.97 Å². The van der Waals surface area contributed by atoms with Crippen molar-refractivity contribution < 1.29 is 4.79 Å². The van der Waals surface area contributed by atoms with E-state index in [0.29, 0.717) is 30.1 Å². The highest BCUT2D eigenvalue weighted by atomic mass is 35.5. The lowest BCUT2D eigenvalue weighted by atomic mass is 10.2. The maximum atomic E-state index is 12.6. The van der Waals surface area contributed by atoms with Crippen molar-refractivity contribution >= 4 is 34.2 Å². The summed E-state index contributed by atoms with van der Waals surface area (Å²) in [5, 5.41) is 3.44. The lowest BCUT2D eigenvalue weighted by Gasteiger charge is -2.07. The number of aromatic amines is 1. The highest BCUT2D eigenvalue weighted by Crippen LogP contribution is 2.17. The van der Waals surface area contributed by atoms with Crippen LogP contribution in [-0.2, 0) is 6.42 Å². The first-order chi connectivity index (χ1) is 13.5. The molecule has 142 valence electrons. The number of aryl methyl sites for hydroxylation is 2. The Kier molecular flexibility index (Phi) is 4.83. The third-order valence-electron chi connectivity index (χ3n) is 4.54. The number of carbonyl (C=O) groups excluding carboxylic acids is 1. The maximum absolute atomic E-state index is 12.6. The molecule has 0 fully saturated rings. The Morgan fingerprint density at radius 3 is 3.00 bits per heavy atom. The summed E-state index contributed by atoms with van der Waals surface area (Å²) < 4.78 is 1.44. The highest BCUT2D eigenvalue weighted by molar-refractivity contribution is 6.31. The molecule has 0 aliphatic carbocycles. The predicted octanol–water partition coefficient (Wildman–Crippen LogP) is 2.90. The van der Waals surface area contributed by atoms with Crippen LogP contribution in [-0.4, -0.2) is 31.8 Å². The van der Waals surface area contributed by atoms with E-state index < -0.39 is 5.91 Å². The molecule has 0 aliphatic heterocycles. The van der Waals surface area contributed by atoms with E-state index >= 15 is 0 Å². The van der Waals surface area contributed by atoms with E-state index in [9.17, 15) is 9.59 Å². The molecule has 0 spiro atoms. The van der Waals surface area contributed by atoms with Gasteiger partial charge in [0.15, 0.2) is 0 Å². The minimum Gasteiger partial charge on any atom is -0.352 e. The van der Waals surface area contributed by atoms with Crippen molar-refractivity contribution in [3.05, 3.63) is 75.1 Å². The van der Waals surface area contributed by atoms with Crippen LogP contribution in [0.3, 0.4) is 0 Å². The molecule has 0 atom stereocenters. The van der Waals surface area contributed by atoms with Crippen molar-refractivity contribution in [2.45, 2.75) is 19.8 Å². The molecule has 1 aromatic carbocycles. The van der Waals surface area contributed by atoms with Crippen LogP contribution in [0, 0.1) is 6.92 Å². The van der Waals surface area contributed by atoms with Gasteiger partial charge < -0.3 is 10.3 Å². The molecule has 1 amide bonds. The molecule has 3 heterocycles. The number of imidazole rings is 1. The molecule has 0 unspecified atom stereocenters. The van der Waals surface area contributed by atoms with Gasteiger partial charge in [0.25, 0.3) is 11.5 Å². The molecular formula is C20H18ClN5O2. The number of pyridine rings is 1. The van der Waals surface area contributed by atoms with E-state index in [1.165, 1.54) is 10.6 Å². The number of carbonyl (C=O) groups is 1. The van der Waals surface area contributed by atoms with E-state index in [1.54, 1.807) is 25.1 Å². The number of amides is 1. The lowest BCUT2D eigenvalue weighted by molar-refractivity contribution is 0.0951. The van der Waals surface area contributed by atoms with E-state index in [1.807, 2.05) is 18.2 Å². The number of hydrogen-bond donors (Lipinski definition) is 2. The van der Waals surface area contributed by atoms with E-state index in [0.717, 1.165) is 22.6 Å². The third kappa shape index (κ3) is 3.48. The zero-order valence-electron chi connectivity index (χ0n) is 15.2. The first-order valence-electron chi connectivity index (χ1n) is 8.92. The number of aromatic nitrogens is 4. The number of nitrogens with one attached hydrogen (secondary N) is 2. The minimum atomic E-state index is -0.424. The summed E-state index contributed by atoms with van der Waals surface area (Å²) in [6.07, 6.45) is 2.68. The van der Waals surface area contributed by atoms with Crippen LogP contribution < -0.4 is 10.9 Å². The summed E-state index contributed by atoms with van der Waals surface area (Å²) in [5.74, 6) is 0.404. The van der Waals surface area contributed by atoms with Gasteiger partial charge in [-0.15, -0.1) is 0 Å². The standard InChI is InChI=1S/C20H18ClN5O2/c1-12-4-2-6-18-23-11-14(20(28)26(12)18)19(27)22-9-3-5-17-24-15-8-7-13(21)10-16(15)25-17/h2,4,6-8,10-11H,3,5,9H2,1H3,(H,22,27)(H,24,25). The summed E-state index contributed by atoms with van der Waals surface area (Å²) in [4.78, 5) is 36.9. The molecule has 4 aromatic rings. The Balaban J connectivity index is 1.40. The quantitative estimate of drug-likeness (QED) is 0.508. The number of halogens is 1. The van der Waals surface area contributed by atoms with Crippen LogP contribution in [0.4, 0.5) is 0 Å². The number of hydrogen-bond acceptors (Lipinski definition) is 4. The SMILES string of the molecule is Cc1cccc2ncc(C(=O)NCCCc3nc4ccc(Cl)cc4[nH]3)c(=O)n12. The summed E-state index contributed by atoms with van der Waals surface area (Å²) in [6.45, 7) is 2.23. The summed E-state index contributed by atoms with van der Waals surface area (Å²) in [7, 11) is 0. The third-order valence-corrected chi connectivity index (χ3v) is 4.77. The van der Waals surface area contributed by atoms with Crippen LogP contribution in [0.15, 0.2) is 47.4 Å². The smallest absolute Gasteiger partial charge is 0.270 e. The first kappa shape index (κ1) is 18.2.